The summed E-state index contributed by atoms with van der Waals surface area (Å²) in [4.78, 5) is 15.2. The van der Waals surface area contributed by atoms with Crippen LogP contribution in [0.5, 0.6) is 0 Å². The Kier molecular flexibility index (Phi) is 4.53. The fourth-order valence-electron chi connectivity index (χ4n) is 2.00. The molecule has 0 radical (unpaired) electrons. The van der Waals surface area contributed by atoms with E-state index in [1.165, 1.54) is 0 Å². The van der Waals surface area contributed by atoms with E-state index in [1.54, 1.807) is 0 Å². The van der Waals surface area contributed by atoms with Crippen molar-refractivity contribution in [3.63, 3.8) is 0 Å². The first-order valence-corrected chi connectivity index (χ1v) is 6.63. The van der Waals surface area contributed by atoms with Crippen LogP contribution in [-0.2, 0) is 25.6 Å². The number of rotatable bonds is 5. The lowest BCUT2D eigenvalue weighted by Crippen LogP contribution is -2.26. The molecule has 0 aromatic carbocycles. The van der Waals surface area contributed by atoms with E-state index in [2.05, 4.69) is 19.9 Å². The Labute approximate surface area is 123 Å². The first-order chi connectivity index (χ1) is 10.4. The third-order valence-corrected chi connectivity index (χ3v) is 3.07. The van der Waals surface area contributed by atoms with Gasteiger partial charge in [-0.3, -0.25) is 4.79 Å². The van der Waals surface area contributed by atoms with E-state index in [9.17, 15) is 18.0 Å². The molecule has 1 amide bonds. The van der Waals surface area contributed by atoms with Crippen LogP contribution in [0.3, 0.4) is 0 Å². The predicted octanol–water partition coefficient (Wildman–Crippen LogP) is 2.74. The molecule has 0 aliphatic heterocycles. The highest BCUT2D eigenvalue weighted by molar-refractivity contribution is 5.93. The molecule has 0 unspecified atom stereocenters. The van der Waals surface area contributed by atoms with Crippen LogP contribution in [0.15, 0.2) is 15.3 Å². The minimum atomic E-state index is -4.77. The van der Waals surface area contributed by atoms with Crippen molar-refractivity contribution in [3.8, 4) is 0 Å². The highest BCUT2D eigenvalue weighted by Gasteiger charge is 2.40. The smallest absolute Gasteiger partial charge is 0.438 e. The molecule has 0 aliphatic rings. The van der Waals surface area contributed by atoms with Gasteiger partial charge >= 0.3 is 6.18 Å². The topological polar surface area (TPSA) is 81.2 Å². The number of nitrogens with one attached hydrogen (secondary N) is 1. The summed E-state index contributed by atoms with van der Waals surface area (Å²) in [5.41, 5.74) is 0.545. The van der Waals surface area contributed by atoms with Crippen molar-refractivity contribution in [2.24, 2.45) is 0 Å². The van der Waals surface area contributed by atoms with Gasteiger partial charge in [0.05, 0.1) is 5.69 Å². The highest BCUT2D eigenvalue weighted by Crippen LogP contribution is 2.31. The van der Waals surface area contributed by atoms with E-state index in [1.807, 2.05) is 13.8 Å². The molecule has 6 nitrogen and oxygen atoms in total. The van der Waals surface area contributed by atoms with Crippen LogP contribution >= 0.6 is 0 Å². The molecule has 0 atom stereocenters. The molecule has 2 aromatic rings. The summed E-state index contributed by atoms with van der Waals surface area (Å²) in [6.07, 6.45) is -3.03. The maximum atomic E-state index is 12.7. The molecule has 2 aromatic heterocycles. The fraction of sp³-hybridized carbons (Fsp3) is 0.462. The van der Waals surface area contributed by atoms with Crippen LogP contribution in [0.1, 0.15) is 47.1 Å². The molecule has 0 aliphatic carbocycles. The molecule has 0 saturated heterocycles. The van der Waals surface area contributed by atoms with Gasteiger partial charge in [-0.25, -0.2) is 4.98 Å². The molecule has 1 N–H and O–H groups in total. The van der Waals surface area contributed by atoms with Crippen LogP contribution in [0.2, 0.25) is 0 Å². The Morgan fingerprint density at radius 1 is 1.32 bits per heavy atom. The Balaban J connectivity index is 2.15. The van der Waals surface area contributed by atoms with E-state index in [-0.39, 0.29) is 6.54 Å². The summed E-state index contributed by atoms with van der Waals surface area (Å²) in [5.74, 6) is -1.79. The van der Waals surface area contributed by atoms with Crippen molar-refractivity contribution in [1.29, 1.82) is 0 Å². The fourth-order valence-corrected chi connectivity index (χ4v) is 2.00. The molecule has 0 fully saturated rings. The van der Waals surface area contributed by atoms with Gasteiger partial charge in [0.15, 0.2) is 12.1 Å². The number of amides is 1. The van der Waals surface area contributed by atoms with E-state index in [0.29, 0.717) is 36.3 Å². The second-order valence-corrected chi connectivity index (χ2v) is 4.45. The van der Waals surface area contributed by atoms with Gasteiger partial charge in [-0.1, -0.05) is 19.0 Å². The summed E-state index contributed by atoms with van der Waals surface area (Å²) >= 11 is 0. The second kappa shape index (κ2) is 6.20. The van der Waals surface area contributed by atoms with Gasteiger partial charge < -0.3 is 14.3 Å². The largest absolute Gasteiger partial charge is 0.452 e. The maximum Gasteiger partial charge on any atom is 0.452 e. The Hall–Kier alpha value is -2.32. The third kappa shape index (κ3) is 3.12. The molecular formula is C13H14F3N3O3. The zero-order valence-corrected chi connectivity index (χ0v) is 12.0. The number of oxazole rings is 1. The number of halogens is 3. The van der Waals surface area contributed by atoms with Gasteiger partial charge in [0, 0.05) is 18.5 Å². The van der Waals surface area contributed by atoms with Crippen molar-refractivity contribution in [2.75, 3.05) is 0 Å². The summed E-state index contributed by atoms with van der Waals surface area (Å²) < 4.78 is 47.3. The SMILES string of the molecule is CCc1noc(CC)c1CNC(=O)c1ncoc1C(F)(F)F. The lowest BCUT2D eigenvalue weighted by molar-refractivity contribution is -0.153. The number of carbonyl (C=O) groups excluding carboxylic acids is 1. The molecule has 120 valence electrons. The second-order valence-electron chi connectivity index (χ2n) is 4.45. The van der Waals surface area contributed by atoms with Crippen molar-refractivity contribution in [2.45, 2.75) is 39.4 Å². The van der Waals surface area contributed by atoms with Crippen LogP contribution in [0.25, 0.3) is 0 Å². The van der Waals surface area contributed by atoms with Crippen LogP contribution in [0, 0.1) is 0 Å². The van der Waals surface area contributed by atoms with Gasteiger partial charge in [-0.2, -0.15) is 13.2 Å². The zero-order valence-electron chi connectivity index (χ0n) is 12.0. The quantitative estimate of drug-likeness (QED) is 0.917. The zero-order chi connectivity index (χ0) is 16.3. The number of hydrogen-bond donors (Lipinski definition) is 1. The average molecular weight is 317 g/mol. The van der Waals surface area contributed by atoms with Gasteiger partial charge in [-0.15, -0.1) is 0 Å². The standard InChI is InChI=1S/C13H14F3N3O3/c1-3-8-7(9(4-2)22-19-8)5-17-12(20)10-11(13(14,15)16)21-6-18-10/h6H,3-5H2,1-2H3,(H,17,20). The number of nitrogens with zero attached hydrogens (tertiary/aromatic N) is 2. The average Bonchev–Trinajstić information content (AvgIpc) is 3.10. The van der Waals surface area contributed by atoms with E-state index in [4.69, 9.17) is 4.52 Å². The van der Waals surface area contributed by atoms with Gasteiger partial charge in [-0.05, 0) is 6.42 Å². The van der Waals surface area contributed by atoms with Crippen molar-refractivity contribution in [3.05, 3.63) is 34.9 Å². The van der Waals surface area contributed by atoms with Crippen molar-refractivity contribution in [1.82, 2.24) is 15.5 Å². The minimum absolute atomic E-state index is 0.0127. The summed E-state index contributed by atoms with van der Waals surface area (Å²) in [6.45, 7) is 3.73. The summed E-state index contributed by atoms with van der Waals surface area (Å²) in [7, 11) is 0. The number of aromatic nitrogens is 2. The lowest BCUT2D eigenvalue weighted by atomic mass is 10.1. The van der Waals surface area contributed by atoms with Crippen molar-refractivity contribution >= 4 is 5.91 Å². The first kappa shape index (κ1) is 16.1. The summed E-state index contributed by atoms with van der Waals surface area (Å²) in [5, 5.41) is 6.25. The molecular weight excluding hydrogens is 303 g/mol. The Bertz CT molecular complexity index is 640. The molecule has 9 heteroatoms. The monoisotopic (exact) mass is 317 g/mol. The van der Waals surface area contributed by atoms with Gasteiger partial charge in [0.1, 0.15) is 5.76 Å². The Morgan fingerprint density at radius 2 is 2.05 bits per heavy atom. The van der Waals surface area contributed by atoms with Crippen LogP contribution in [0.4, 0.5) is 13.2 Å². The molecule has 2 heterocycles. The van der Waals surface area contributed by atoms with Crippen LogP contribution in [-0.4, -0.2) is 16.0 Å². The normalized spacial score (nSPS) is 11.7. The molecule has 2 rings (SSSR count). The molecule has 0 saturated carbocycles. The van der Waals surface area contributed by atoms with E-state index in [0.717, 1.165) is 0 Å². The number of aryl methyl sites for hydroxylation is 2. The molecule has 22 heavy (non-hydrogen) atoms. The molecule has 0 spiro atoms. The number of hydrogen-bond acceptors (Lipinski definition) is 5. The van der Waals surface area contributed by atoms with Gasteiger partial charge in [0.2, 0.25) is 5.76 Å². The number of carbonyl (C=O) groups is 1. The highest BCUT2D eigenvalue weighted by atomic mass is 19.4. The lowest BCUT2D eigenvalue weighted by Gasteiger charge is -2.07. The minimum Gasteiger partial charge on any atom is -0.438 e. The van der Waals surface area contributed by atoms with Crippen LogP contribution < -0.4 is 5.32 Å². The Morgan fingerprint density at radius 3 is 2.64 bits per heavy atom. The van der Waals surface area contributed by atoms with Crippen molar-refractivity contribution < 1.29 is 26.9 Å². The number of alkyl halides is 3. The predicted molar refractivity (Wildman–Crippen MR) is 67.9 cm³/mol. The maximum absolute atomic E-state index is 12.7. The van der Waals surface area contributed by atoms with E-state index < -0.39 is 23.5 Å². The third-order valence-electron chi connectivity index (χ3n) is 3.07. The molecule has 0 bridgehead atoms. The van der Waals surface area contributed by atoms with Gasteiger partial charge in [0.25, 0.3) is 5.91 Å². The first-order valence-electron chi connectivity index (χ1n) is 6.63. The summed E-state index contributed by atoms with van der Waals surface area (Å²) in [6, 6.07) is 0. The van der Waals surface area contributed by atoms with E-state index >= 15 is 0 Å².